The van der Waals surface area contributed by atoms with Gasteiger partial charge in [0.05, 0.1) is 5.57 Å². The molecule has 1 aliphatic rings. The van der Waals surface area contributed by atoms with Gasteiger partial charge in [-0.2, -0.15) is 0 Å². The first-order valence-electron chi connectivity index (χ1n) is 8.02. The van der Waals surface area contributed by atoms with Crippen LogP contribution in [0.25, 0.3) is 0 Å². The van der Waals surface area contributed by atoms with Crippen molar-refractivity contribution in [2.75, 3.05) is 0 Å². The third-order valence-electron chi connectivity index (χ3n) is 4.18. The molecule has 0 saturated heterocycles. The van der Waals surface area contributed by atoms with Gasteiger partial charge in [0.25, 0.3) is 0 Å². The van der Waals surface area contributed by atoms with Crippen LogP contribution in [0.1, 0.15) is 30.4 Å². The summed E-state index contributed by atoms with van der Waals surface area (Å²) in [6, 6.07) is 15.5. The number of esters is 1. The molecule has 2 aromatic rings. The highest BCUT2D eigenvalue weighted by Gasteiger charge is 2.34. The summed E-state index contributed by atoms with van der Waals surface area (Å²) < 4.78 is 19.6. The first kappa shape index (κ1) is 16.9. The number of ether oxygens (including phenoxy) is 1. The minimum Gasteiger partial charge on any atom is -0.457 e. The molecule has 0 saturated carbocycles. The van der Waals surface area contributed by atoms with Gasteiger partial charge in [0.1, 0.15) is 12.4 Å². The van der Waals surface area contributed by atoms with Crippen molar-refractivity contribution in [2.45, 2.75) is 25.9 Å². The van der Waals surface area contributed by atoms with Crippen LogP contribution in [0.5, 0.6) is 0 Å². The lowest BCUT2D eigenvalue weighted by molar-refractivity contribution is -0.141. The Morgan fingerprint density at radius 3 is 2.56 bits per heavy atom. The molecule has 1 unspecified atom stereocenters. The van der Waals surface area contributed by atoms with Crippen LogP contribution >= 0.6 is 0 Å². The van der Waals surface area contributed by atoms with Gasteiger partial charge in [-0.25, -0.2) is 9.18 Å². The molecule has 3 rings (SSSR count). The summed E-state index contributed by atoms with van der Waals surface area (Å²) in [4.78, 5) is 24.5. The highest BCUT2D eigenvalue weighted by Crippen LogP contribution is 2.34. The van der Waals surface area contributed by atoms with Gasteiger partial charge < -0.3 is 10.1 Å². The van der Waals surface area contributed by atoms with Crippen LogP contribution in [0.15, 0.2) is 65.9 Å². The number of allylic oxidation sites excluding steroid dienone is 1. The molecular weight excluding hydrogens is 321 g/mol. The van der Waals surface area contributed by atoms with E-state index in [-0.39, 0.29) is 18.9 Å². The molecule has 0 aromatic heterocycles. The molecule has 0 bridgehead atoms. The van der Waals surface area contributed by atoms with E-state index in [2.05, 4.69) is 5.32 Å². The van der Waals surface area contributed by atoms with Crippen LogP contribution in [0, 0.1) is 5.82 Å². The molecule has 128 valence electrons. The average Bonchev–Trinajstić information content (AvgIpc) is 2.60. The van der Waals surface area contributed by atoms with Gasteiger partial charge in [-0.3, -0.25) is 4.79 Å². The van der Waals surface area contributed by atoms with Gasteiger partial charge in [-0.15, -0.1) is 0 Å². The Morgan fingerprint density at radius 2 is 1.84 bits per heavy atom. The van der Waals surface area contributed by atoms with Crippen molar-refractivity contribution >= 4 is 11.9 Å². The van der Waals surface area contributed by atoms with Gasteiger partial charge in [0.2, 0.25) is 5.91 Å². The highest BCUT2D eigenvalue weighted by molar-refractivity contribution is 5.95. The first-order valence-corrected chi connectivity index (χ1v) is 8.02. The van der Waals surface area contributed by atoms with E-state index in [4.69, 9.17) is 4.74 Å². The van der Waals surface area contributed by atoms with Crippen LogP contribution < -0.4 is 5.32 Å². The predicted octanol–water partition coefficient (Wildman–Crippen LogP) is 3.45. The van der Waals surface area contributed by atoms with E-state index in [0.29, 0.717) is 16.8 Å². The van der Waals surface area contributed by atoms with Crippen LogP contribution in [-0.4, -0.2) is 11.9 Å². The number of nitrogens with one attached hydrogen (secondary N) is 1. The minimum absolute atomic E-state index is 0.00798. The molecule has 0 spiro atoms. The SMILES string of the molecule is CC1=C(C(=O)OCc2ccccc2)C(c2ccccc2F)CC(=O)N1. The summed E-state index contributed by atoms with van der Waals surface area (Å²) in [7, 11) is 0. The summed E-state index contributed by atoms with van der Waals surface area (Å²) in [5.41, 5.74) is 1.88. The second-order valence-electron chi connectivity index (χ2n) is 5.93. The number of carbonyl (C=O) groups excluding carboxylic acids is 2. The first-order chi connectivity index (χ1) is 12.1. The van der Waals surface area contributed by atoms with E-state index >= 15 is 0 Å². The molecule has 2 aromatic carbocycles. The number of benzene rings is 2. The number of hydrogen-bond donors (Lipinski definition) is 1. The van der Waals surface area contributed by atoms with Crippen LogP contribution in [0.3, 0.4) is 0 Å². The van der Waals surface area contributed by atoms with Crippen LogP contribution in [0.4, 0.5) is 4.39 Å². The number of hydrogen-bond acceptors (Lipinski definition) is 3. The summed E-state index contributed by atoms with van der Waals surface area (Å²) in [5, 5.41) is 2.65. The Bertz CT molecular complexity index is 830. The van der Waals surface area contributed by atoms with Crippen molar-refractivity contribution in [3.63, 3.8) is 0 Å². The fraction of sp³-hybridized carbons (Fsp3) is 0.200. The molecule has 0 aliphatic carbocycles. The smallest absolute Gasteiger partial charge is 0.336 e. The normalized spacial score (nSPS) is 17.2. The van der Waals surface area contributed by atoms with Crippen LogP contribution in [-0.2, 0) is 20.9 Å². The van der Waals surface area contributed by atoms with E-state index in [9.17, 15) is 14.0 Å². The second-order valence-corrected chi connectivity index (χ2v) is 5.93. The maximum atomic E-state index is 14.2. The highest BCUT2D eigenvalue weighted by atomic mass is 19.1. The number of carbonyl (C=O) groups is 2. The molecule has 1 atom stereocenters. The zero-order valence-electron chi connectivity index (χ0n) is 13.8. The lowest BCUT2D eigenvalue weighted by Gasteiger charge is -2.26. The van der Waals surface area contributed by atoms with Crippen molar-refractivity contribution in [3.8, 4) is 0 Å². The van der Waals surface area contributed by atoms with Gasteiger partial charge in [0.15, 0.2) is 0 Å². The third-order valence-corrected chi connectivity index (χ3v) is 4.18. The molecule has 1 aliphatic heterocycles. The molecule has 0 fully saturated rings. The van der Waals surface area contributed by atoms with Gasteiger partial charge >= 0.3 is 5.97 Å². The second kappa shape index (κ2) is 7.30. The van der Waals surface area contributed by atoms with Gasteiger partial charge in [-0.05, 0) is 24.1 Å². The Labute approximate surface area is 145 Å². The molecule has 4 nitrogen and oxygen atoms in total. The Kier molecular flexibility index (Phi) is 4.93. The van der Waals surface area contributed by atoms with Gasteiger partial charge in [0, 0.05) is 18.0 Å². The third kappa shape index (κ3) is 3.76. The van der Waals surface area contributed by atoms with E-state index in [1.54, 1.807) is 25.1 Å². The Morgan fingerprint density at radius 1 is 1.16 bits per heavy atom. The zero-order chi connectivity index (χ0) is 17.8. The van der Waals surface area contributed by atoms with E-state index in [1.165, 1.54) is 6.07 Å². The Balaban J connectivity index is 1.87. The monoisotopic (exact) mass is 339 g/mol. The summed E-state index contributed by atoms with van der Waals surface area (Å²) in [6.07, 6.45) is 0.00798. The molecular formula is C20H18FNO3. The molecule has 25 heavy (non-hydrogen) atoms. The molecule has 1 N–H and O–H groups in total. The van der Waals surface area contributed by atoms with Crippen molar-refractivity contribution in [1.29, 1.82) is 0 Å². The number of amides is 1. The van der Waals surface area contributed by atoms with Crippen molar-refractivity contribution in [3.05, 3.63) is 82.8 Å². The quantitative estimate of drug-likeness (QED) is 0.868. The van der Waals surface area contributed by atoms with Crippen molar-refractivity contribution < 1.29 is 18.7 Å². The predicted molar refractivity (Wildman–Crippen MR) is 90.8 cm³/mol. The molecule has 1 heterocycles. The van der Waals surface area contributed by atoms with E-state index in [0.717, 1.165) is 5.56 Å². The lowest BCUT2D eigenvalue weighted by Crippen LogP contribution is -2.34. The lowest BCUT2D eigenvalue weighted by atomic mass is 9.84. The van der Waals surface area contributed by atoms with E-state index < -0.39 is 17.7 Å². The van der Waals surface area contributed by atoms with Crippen molar-refractivity contribution in [1.82, 2.24) is 5.32 Å². The fourth-order valence-electron chi connectivity index (χ4n) is 3.00. The number of halogens is 1. The Hall–Kier alpha value is -2.95. The maximum absolute atomic E-state index is 14.2. The molecule has 5 heteroatoms. The number of rotatable bonds is 4. The summed E-state index contributed by atoms with van der Waals surface area (Å²) >= 11 is 0. The maximum Gasteiger partial charge on any atom is 0.336 e. The average molecular weight is 339 g/mol. The minimum atomic E-state index is -0.654. The summed E-state index contributed by atoms with van der Waals surface area (Å²) in [5.74, 6) is -1.89. The standard InChI is InChI=1S/C20H18FNO3/c1-13-19(20(24)25-12-14-7-3-2-4-8-14)16(11-18(23)22-13)15-9-5-6-10-17(15)21/h2-10,16H,11-12H2,1H3,(H,22,23). The van der Waals surface area contributed by atoms with E-state index in [1.807, 2.05) is 30.3 Å². The summed E-state index contributed by atoms with van der Waals surface area (Å²) in [6.45, 7) is 1.75. The zero-order valence-corrected chi connectivity index (χ0v) is 13.8. The molecule has 1 amide bonds. The molecule has 0 radical (unpaired) electrons. The largest absolute Gasteiger partial charge is 0.457 e. The fourth-order valence-corrected chi connectivity index (χ4v) is 3.00. The van der Waals surface area contributed by atoms with Crippen LogP contribution in [0.2, 0.25) is 0 Å². The van der Waals surface area contributed by atoms with Gasteiger partial charge in [-0.1, -0.05) is 48.5 Å². The van der Waals surface area contributed by atoms with Crippen molar-refractivity contribution in [2.24, 2.45) is 0 Å². The topological polar surface area (TPSA) is 55.4 Å².